The van der Waals surface area contributed by atoms with E-state index in [1.807, 2.05) is 0 Å². The minimum Gasteiger partial charge on any atom is -0.367 e. The van der Waals surface area contributed by atoms with Crippen LogP contribution in [0.2, 0.25) is 0 Å². The third-order valence-corrected chi connectivity index (χ3v) is 4.12. The molecule has 3 rings (SSSR count). The van der Waals surface area contributed by atoms with Crippen molar-refractivity contribution in [1.82, 2.24) is 5.16 Å². The van der Waals surface area contributed by atoms with E-state index >= 15 is 0 Å². The zero-order valence-corrected chi connectivity index (χ0v) is 14.0. The van der Waals surface area contributed by atoms with Gasteiger partial charge in [-0.1, -0.05) is 21.1 Å². The summed E-state index contributed by atoms with van der Waals surface area (Å²) >= 11 is 3.25. The summed E-state index contributed by atoms with van der Waals surface area (Å²) in [6.45, 7) is -1.68. The Morgan fingerprint density at radius 2 is 2.08 bits per heavy atom. The van der Waals surface area contributed by atoms with Gasteiger partial charge < -0.3 is 9.26 Å². The van der Waals surface area contributed by atoms with E-state index in [4.69, 9.17) is 9.26 Å². The lowest BCUT2D eigenvalue weighted by Gasteiger charge is -2.11. The Kier molecular flexibility index (Phi) is 4.78. The lowest BCUT2D eigenvalue weighted by atomic mass is 9.98. The third kappa shape index (κ3) is 4.05. The van der Waals surface area contributed by atoms with Crippen molar-refractivity contribution in [2.75, 3.05) is 6.61 Å². The van der Waals surface area contributed by atoms with E-state index in [-0.39, 0.29) is 23.9 Å². The summed E-state index contributed by atoms with van der Waals surface area (Å²) in [7, 11) is 0. The molecule has 0 bridgehead atoms. The molecule has 0 unspecified atom stereocenters. The van der Waals surface area contributed by atoms with Crippen LogP contribution >= 0.6 is 15.9 Å². The van der Waals surface area contributed by atoms with Crippen molar-refractivity contribution in [2.45, 2.75) is 31.5 Å². The standard InChI is InChI=1S/C16H13BrF3NO3/c17-11-3-4-12(10(5-11)7-23-8-16(18,19)20)14(22)13-6-21-24-15(13)9-1-2-9/h3-6,9H,1-2,7-8H2. The van der Waals surface area contributed by atoms with Crippen LogP contribution < -0.4 is 0 Å². The zero-order valence-electron chi connectivity index (χ0n) is 12.4. The van der Waals surface area contributed by atoms with Gasteiger partial charge in [0.15, 0.2) is 11.5 Å². The number of benzene rings is 1. The Morgan fingerprint density at radius 1 is 1.33 bits per heavy atom. The lowest BCUT2D eigenvalue weighted by Crippen LogP contribution is -2.17. The maximum Gasteiger partial charge on any atom is 0.411 e. The van der Waals surface area contributed by atoms with Crippen LogP contribution in [0, 0.1) is 0 Å². The molecule has 1 aliphatic rings. The highest BCUT2D eigenvalue weighted by Crippen LogP contribution is 2.42. The van der Waals surface area contributed by atoms with Gasteiger partial charge in [0.2, 0.25) is 0 Å². The molecule has 4 nitrogen and oxygen atoms in total. The molecule has 0 spiro atoms. The maximum absolute atomic E-state index is 12.8. The number of alkyl halides is 3. The molecule has 128 valence electrons. The van der Waals surface area contributed by atoms with Crippen molar-refractivity contribution >= 4 is 21.7 Å². The van der Waals surface area contributed by atoms with Crippen molar-refractivity contribution in [3.05, 3.63) is 51.3 Å². The van der Waals surface area contributed by atoms with Gasteiger partial charge in [-0.2, -0.15) is 13.2 Å². The van der Waals surface area contributed by atoms with Crippen LogP contribution in [0.15, 0.2) is 33.4 Å². The predicted octanol–water partition coefficient (Wildman–Crippen LogP) is 4.62. The summed E-state index contributed by atoms with van der Waals surface area (Å²) in [4.78, 5) is 12.8. The molecule has 0 amide bonds. The maximum atomic E-state index is 12.8. The fourth-order valence-corrected chi connectivity index (χ4v) is 2.79. The van der Waals surface area contributed by atoms with Crippen LogP contribution in [0.25, 0.3) is 0 Å². The van der Waals surface area contributed by atoms with Crippen molar-refractivity contribution < 1.29 is 27.2 Å². The highest BCUT2D eigenvalue weighted by atomic mass is 79.9. The van der Waals surface area contributed by atoms with Gasteiger partial charge >= 0.3 is 6.18 Å². The lowest BCUT2D eigenvalue weighted by molar-refractivity contribution is -0.176. The molecule has 1 aromatic carbocycles. The number of ketones is 1. The Hall–Kier alpha value is -1.67. The fourth-order valence-electron chi connectivity index (χ4n) is 2.38. The first-order valence-corrected chi connectivity index (χ1v) is 8.06. The number of halogens is 4. The van der Waals surface area contributed by atoms with Crippen molar-refractivity contribution in [2.24, 2.45) is 0 Å². The minimum absolute atomic E-state index is 0.201. The molecule has 0 radical (unpaired) electrons. The van der Waals surface area contributed by atoms with Gasteiger partial charge in [-0.15, -0.1) is 0 Å². The van der Waals surface area contributed by atoms with E-state index in [1.54, 1.807) is 18.2 Å². The van der Waals surface area contributed by atoms with Crippen LogP contribution in [-0.2, 0) is 11.3 Å². The van der Waals surface area contributed by atoms with Crippen LogP contribution in [0.4, 0.5) is 13.2 Å². The first kappa shape index (κ1) is 17.2. The molecular weight excluding hydrogens is 391 g/mol. The summed E-state index contributed by atoms with van der Waals surface area (Å²) in [5.41, 5.74) is 1.02. The number of hydrogen-bond donors (Lipinski definition) is 0. The van der Waals surface area contributed by atoms with Crippen LogP contribution in [-0.4, -0.2) is 23.7 Å². The fraction of sp³-hybridized carbons (Fsp3) is 0.375. The Bertz CT molecular complexity index is 753. The zero-order chi connectivity index (χ0) is 17.3. The summed E-state index contributed by atoms with van der Waals surface area (Å²) in [6.07, 6.45) is -1.17. The summed E-state index contributed by atoms with van der Waals surface area (Å²) in [5, 5.41) is 3.69. The molecule has 0 saturated heterocycles. The number of nitrogens with zero attached hydrogens (tertiary/aromatic N) is 1. The molecule has 0 aliphatic heterocycles. The van der Waals surface area contributed by atoms with E-state index in [0.717, 1.165) is 12.8 Å². The molecule has 8 heteroatoms. The second-order valence-electron chi connectivity index (χ2n) is 5.62. The highest BCUT2D eigenvalue weighted by molar-refractivity contribution is 9.10. The van der Waals surface area contributed by atoms with E-state index in [1.165, 1.54) is 6.20 Å². The van der Waals surface area contributed by atoms with Gasteiger partial charge in [0.25, 0.3) is 0 Å². The van der Waals surface area contributed by atoms with Crippen molar-refractivity contribution in [1.29, 1.82) is 0 Å². The number of carbonyl (C=O) groups excluding carboxylic acids is 1. The normalized spacial score (nSPS) is 14.8. The van der Waals surface area contributed by atoms with Gasteiger partial charge in [-0.05, 0) is 36.6 Å². The van der Waals surface area contributed by atoms with Crippen LogP contribution in [0.5, 0.6) is 0 Å². The molecule has 0 atom stereocenters. The number of carbonyl (C=O) groups is 1. The molecule has 1 fully saturated rings. The predicted molar refractivity (Wildman–Crippen MR) is 81.8 cm³/mol. The smallest absolute Gasteiger partial charge is 0.367 e. The van der Waals surface area contributed by atoms with Gasteiger partial charge in [0, 0.05) is 16.0 Å². The molecule has 24 heavy (non-hydrogen) atoms. The summed E-state index contributed by atoms with van der Waals surface area (Å²) in [5.74, 6) is 0.424. The number of ether oxygens (including phenoxy) is 1. The van der Waals surface area contributed by atoms with E-state index in [9.17, 15) is 18.0 Å². The van der Waals surface area contributed by atoms with Gasteiger partial charge in [-0.25, -0.2) is 0 Å². The van der Waals surface area contributed by atoms with Gasteiger partial charge in [-0.3, -0.25) is 4.79 Å². The Labute approximate surface area is 144 Å². The number of hydrogen-bond acceptors (Lipinski definition) is 4. The molecular formula is C16H13BrF3NO3. The first-order valence-electron chi connectivity index (χ1n) is 7.27. The second-order valence-corrected chi connectivity index (χ2v) is 6.53. The quantitative estimate of drug-likeness (QED) is 0.660. The molecule has 2 aromatic rings. The molecule has 1 saturated carbocycles. The minimum atomic E-state index is -4.41. The number of aromatic nitrogens is 1. The summed E-state index contributed by atoms with van der Waals surface area (Å²) in [6, 6.07) is 4.79. The van der Waals surface area contributed by atoms with Crippen molar-refractivity contribution in [3.8, 4) is 0 Å². The topological polar surface area (TPSA) is 52.3 Å². The van der Waals surface area contributed by atoms with Crippen LogP contribution in [0.1, 0.15) is 46.0 Å². The molecule has 0 N–H and O–H groups in total. The third-order valence-electron chi connectivity index (χ3n) is 3.63. The van der Waals surface area contributed by atoms with E-state index in [2.05, 4.69) is 21.1 Å². The first-order chi connectivity index (χ1) is 11.3. The van der Waals surface area contributed by atoms with E-state index < -0.39 is 12.8 Å². The Balaban J connectivity index is 1.84. The summed E-state index contributed by atoms with van der Waals surface area (Å²) < 4.78 is 47.3. The van der Waals surface area contributed by atoms with Crippen LogP contribution in [0.3, 0.4) is 0 Å². The molecule has 1 aliphatic carbocycles. The SMILES string of the molecule is O=C(c1ccc(Br)cc1COCC(F)(F)F)c1cnoc1C1CC1. The molecule has 1 aromatic heterocycles. The average molecular weight is 404 g/mol. The monoisotopic (exact) mass is 403 g/mol. The number of rotatable bonds is 6. The van der Waals surface area contributed by atoms with E-state index in [0.29, 0.717) is 21.4 Å². The highest BCUT2D eigenvalue weighted by Gasteiger charge is 2.33. The van der Waals surface area contributed by atoms with Gasteiger partial charge in [0.1, 0.15) is 6.61 Å². The molecule has 1 heterocycles. The average Bonchev–Trinajstić information content (AvgIpc) is 3.22. The second kappa shape index (κ2) is 6.68. The largest absolute Gasteiger partial charge is 0.411 e. The van der Waals surface area contributed by atoms with Gasteiger partial charge in [0.05, 0.1) is 18.4 Å². The van der Waals surface area contributed by atoms with Crippen molar-refractivity contribution in [3.63, 3.8) is 0 Å². The Morgan fingerprint density at radius 3 is 2.75 bits per heavy atom.